The minimum atomic E-state index is 0.710. The number of H-pyrrole nitrogens is 1. The Morgan fingerprint density at radius 1 is 1.17 bits per heavy atom. The van der Waals surface area contributed by atoms with Crippen molar-refractivity contribution < 1.29 is 4.74 Å². The van der Waals surface area contributed by atoms with E-state index in [2.05, 4.69) is 20.6 Å². The van der Waals surface area contributed by atoms with Gasteiger partial charge in [-0.05, 0) is 29.7 Å². The summed E-state index contributed by atoms with van der Waals surface area (Å²) < 4.78 is 7.11. The van der Waals surface area contributed by atoms with Crippen LogP contribution in [-0.2, 0) is 7.05 Å². The van der Waals surface area contributed by atoms with Crippen molar-refractivity contribution in [1.29, 1.82) is 0 Å². The number of pyridine rings is 1. The van der Waals surface area contributed by atoms with Crippen molar-refractivity contribution in [1.82, 2.24) is 25.0 Å². The van der Waals surface area contributed by atoms with Crippen molar-refractivity contribution in [2.24, 2.45) is 7.05 Å². The lowest BCUT2D eigenvalue weighted by Crippen LogP contribution is -1.97. The molecule has 0 unspecified atom stereocenters. The highest BCUT2D eigenvalue weighted by molar-refractivity contribution is 5.97. The summed E-state index contributed by atoms with van der Waals surface area (Å²) in [6.07, 6.45) is 5.52. The number of benzene rings is 1. The average Bonchev–Trinajstić information content (AvgIpc) is 3.25. The van der Waals surface area contributed by atoms with Crippen LogP contribution in [0.4, 0.5) is 11.6 Å². The first-order valence-corrected chi connectivity index (χ1v) is 7.47. The lowest BCUT2D eigenvalue weighted by atomic mass is 10.1. The van der Waals surface area contributed by atoms with Crippen LogP contribution in [0.15, 0.2) is 48.9 Å². The number of nitrogens with zero attached hydrogens (tertiary/aromatic N) is 4. The third kappa shape index (κ3) is 2.56. The molecule has 0 fully saturated rings. The summed E-state index contributed by atoms with van der Waals surface area (Å²) in [5.74, 6) is 2.22. The Labute approximate surface area is 138 Å². The molecule has 0 aliphatic heterocycles. The monoisotopic (exact) mass is 320 g/mol. The van der Waals surface area contributed by atoms with Crippen molar-refractivity contribution in [3.8, 4) is 17.0 Å². The third-order valence-corrected chi connectivity index (χ3v) is 3.77. The van der Waals surface area contributed by atoms with Crippen molar-refractivity contribution in [2.45, 2.75) is 0 Å². The van der Waals surface area contributed by atoms with E-state index in [1.807, 2.05) is 49.8 Å². The maximum Gasteiger partial charge on any atom is 0.153 e. The Kier molecular flexibility index (Phi) is 3.38. The molecule has 4 rings (SSSR count). The number of hydrogen-bond acceptors (Lipinski definition) is 5. The van der Waals surface area contributed by atoms with Crippen LogP contribution in [-0.4, -0.2) is 32.1 Å². The number of aryl methyl sites for hydroxylation is 1. The molecular weight excluding hydrogens is 304 g/mol. The largest absolute Gasteiger partial charge is 0.497 e. The SMILES string of the molecule is COc1ccc2c(-c3cnn(C)c3)nc(Nc3cc[nH]n3)cc2c1. The van der Waals surface area contributed by atoms with E-state index in [4.69, 9.17) is 9.72 Å². The Bertz CT molecular complexity index is 990. The van der Waals surface area contributed by atoms with Gasteiger partial charge < -0.3 is 10.1 Å². The number of anilines is 2. The Morgan fingerprint density at radius 2 is 2.08 bits per heavy atom. The second-order valence-electron chi connectivity index (χ2n) is 5.43. The zero-order valence-electron chi connectivity index (χ0n) is 13.3. The van der Waals surface area contributed by atoms with Crippen molar-refractivity contribution in [2.75, 3.05) is 12.4 Å². The van der Waals surface area contributed by atoms with E-state index < -0.39 is 0 Å². The number of nitrogens with one attached hydrogen (secondary N) is 2. The van der Waals surface area contributed by atoms with Crippen LogP contribution in [0.3, 0.4) is 0 Å². The molecule has 120 valence electrons. The van der Waals surface area contributed by atoms with Gasteiger partial charge in [0.15, 0.2) is 5.82 Å². The highest BCUT2D eigenvalue weighted by atomic mass is 16.5. The molecule has 1 aromatic carbocycles. The molecule has 0 radical (unpaired) electrons. The Hall–Kier alpha value is -3.35. The molecule has 4 aromatic rings. The van der Waals surface area contributed by atoms with E-state index in [1.165, 1.54) is 0 Å². The van der Waals surface area contributed by atoms with Gasteiger partial charge in [-0.15, -0.1) is 0 Å². The Morgan fingerprint density at radius 3 is 2.79 bits per heavy atom. The van der Waals surface area contributed by atoms with E-state index in [9.17, 15) is 0 Å². The number of ether oxygens (including phenoxy) is 1. The van der Waals surface area contributed by atoms with Crippen molar-refractivity contribution in [3.05, 3.63) is 48.9 Å². The zero-order chi connectivity index (χ0) is 16.5. The van der Waals surface area contributed by atoms with Crippen LogP contribution in [0.25, 0.3) is 22.0 Å². The number of aromatic amines is 1. The highest BCUT2D eigenvalue weighted by Gasteiger charge is 2.11. The van der Waals surface area contributed by atoms with Crippen LogP contribution >= 0.6 is 0 Å². The molecule has 0 bridgehead atoms. The number of rotatable bonds is 4. The smallest absolute Gasteiger partial charge is 0.153 e. The van der Waals surface area contributed by atoms with Gasteiger partial charge in [0.2, 0.25) is 0 Å². The van der Waals surface area contributed by atoms with E-state index in [1.54, 1.807) is 18.0 Å². The number of aromatic nitrogens is 5. The van der Waals surface area contributed by atoms with Gasteiger partial charge in [-0.1, -0.05) is 0 Å². The molecule has 24 heavy (non-hydrogen) atoms. The molecule has 0 amide bonds. The summed E-state index contributed by atoms with van der Waals surface area (Å²) in [5, 5.41) is 16.4. The van der Waals surface area contributed by atoms with Gasteiger partial charge in [0.1, 0.15) is 11.6 Å². The van der Waals surface area contributed by atoms with Crippen molar-refractivity contribution >= 4 is 22.4 Å². The summed E-state index contributed by atoms with van der Waals surface area (Å²) in [7, 11) is 3.55. The van der Waals surface area contributed by atoms with E-state index >= 15 is 0 Å². The highest BCUT2D eigenvalue weighted by Crippen LogP contribution is 2.32. The number of methoxy groups -OCH3 is 1. The lowest BCUT2D eigenvalue weighted by molar-refractivity contribution is 0.415. The van der Waals surface area contributed by atoms with Gasteiger partial charge in [-0.2, -0.15) is 10.2 Å². The van der Waals surface area contributed by atoms with E-state index in [0.29, 0.717) is 11.6 Å². The Balaban J connectivity index is 1.90. The lowest BCUT2D eigenvalue weighted by Gasteiger charge is -2.10. The fraction of sp³-hybridized carbons (Fsp3) is 0.118. The molecule has 3 aromatic heterocycles. The summed E-state index contributed by atoms with van der Waals surface area (Å²) in [4.78, 5) is 4.76. The predicted molar refractivity (Wildman–Crippen MR) is 92.4 cm³/mol. The predicted octanol–water partition coefficient (Wildman–Crippen LogP) is 3.11. The molecular formula is C17H16N6O. The molecule has 0 aliphatic carbocycles. The summed E-state index contributed by atoms with van der Waals surface area (Å²) in [6.45, 7) is 0. The fourth-order valence-corrected chi connectivity index (χ4v) is 2.65. The molecule has 2 N–H and O–H groups in total. The minimum Gasteiger partial charge on any atom is -0.497 e. The second-order valence-corrected chi connectivity index (χ2v) is 5.43. The van der Waals surface area contributed by atoms with E-state index in [-0.39, 0.29) is 0 Å². The van der Waals surface area contributed by atoms with Crippen LogP contribution in [0, 0.1) is 0 Å². The van der Waals surface area contributed by atoms with Crippen LogP contribution < -0.4 is 10.1 Å². The standard InChI is InChI=1S/C17H16N6O/c1-23-10-12(9-19-23)17-14-4-3-13(24-2)7-11(14)8-16(21-17)20-15-5-6-18-22-15/h3-10H,1-2H3,(H2,18,20,21,22). The topological polar surface area (TPSA) is 80.6 Å². The maximum absolute atomic E-state index is 5.34. The molecule has 0 spiro atoms. The zero-order valence-corrected chi connectivity index (χ0v) is 13.3. The first kappa shape index (κ1) is 14.3. The average molecular weight is 320 g/mol. The molecule has 0 atom stereocenters. The summed E-state index contributed by atoms with van der Waals surface area (Å²) in [5.41, 5.74) is 1.82. The molecule has 0 aliphatic rings. The van der Waals surface area contributed by atoms with Crippen LogP contribution in [0.2, 0.25) is 0 Å². The quantitative estimate of drug-likeness (QED) is 0.604. The van der Waals surface area contributed by atoms with Gasteiger partial charge in [0.25, 0.3) is 0 Å². The van der Waals surface area contributed by atoms with Crippen LogP contribution in [0.1, 0.15) is 0 Å². The molecule has 0 saturated carbocycles. The summed E-state index contributed by atoms with van der Waals surface area (Å²) in [6, 6.07) is 9.77. The maximum atomic E-state index is 5.34. The van der Waals surface area contributed by atoms with Gasteiger partial charge >= 0.3 is 0 Å². The fourth-order valence-electron chi connectivity index (χ4n) is 2.65. The van der Waals surface area contributed by atoms with Crippen molar-refractivity contribution in [3.63, 3.8) is 0 Å². The third-order valence-electron chi connectivity index (χ3n) is 3.77. The second kappa shape index (κ2) is 5.69. The first-order chi connectivity index (χ1) is 11.7. The van der Waals surface area contributed by atoms with E-state index in [0.717, 1.165) is 27.8 Å². The minimum absolute atomic E-state index is 0.710. The van der Waals surface area contributed by atoms with Gasteiger partial charge in [0.05, 0.1) is 19.0 Å². The van der Waals surface area contributed by atoms with Gasteiger partial charge in [-0.3, -0.25) is 9.78 Å². The van der Waals surface area contributed by atoms with Gasteiger partial charge in [0, 0.05) is 36.5 Å². The molecule has 0 saturated heterocycles. The molecule has 3 heterocycles. The van der Waals surface area contributed by atoms with Crippen LogP contribution in [0.5, 0.6) is 5.75 Å². The normalized spacial score (nSPS) is 10.9. The van der Waals surface area contributed by atoms with Gasteiger partial charge in [-0.25, -0.2) is 4.98 Å². The number of hydrogen-bond donors (Lipinski definition) is 2. The molecule has 7 nitrogen and oxygen atoms in total. The molecule has 7 heteroatoms. The first-order valence-electron chi connectivity index (χ1n) is 7.47. The summed E-state index contributed by atoms with van der Waals surface area (Å²) >= 11 is 0. The number of fused-ring (bicyclic) bond motifs is 1.